The molecule has 4 nitrogen and oxygen atoms in total. The topological polar surface area (TPSA) is 55.2 Å². The highest BCUT2D eigenvalue weighted by Crippen LogP contribution is 2.26. The molecule has 0 aliphatic carbocycles. The molecule has 2 unspecified atom stereocenters. The summed E-state index contributed by atoms with van der Waals surface area (Å²) in [7, 11) is 0. The summed E-state index contributed by atoms with van der Waals surface area (Å²) in [6, 6.07) is 5.45. The molecule has 0 amide bonds. The normalized spacial score (nSPS) is 14.1. The first kappa shape index (κ1) is 13.5. The number of benzene rings is 1. The molecule has 4 heteroatoms. The van der Waals surface area contributed by atoms with Gasteiger partial charge in [0.1, 0.15) is 0 Å². The molecule has 0 aromatic heterocycles. The zero-order valence-corrected chi connectivity index (χ0v) is 10.9. The minimum absolute atomic E-state index is 0.173. The van der Waals surface area contributed by atoms with Crippen LogP contribution in [0.4, 0.5) is 11.4 Å². The van der Waals surface area contributed by atoms with Gasteiger partial charge in [0, 0.05) is 23.4 Å². The minimum Gasteiger partial charge on any atom is -0.382 e. The fourth-order valence-electron chi connectivity index (χ4n) is 1.72. The van der Waals surface area contributed by atoms with Gasteiger partial charge in [-0.25, -0.2) is 0 Å². The van der Waals surface area contributed by atoms with Gasteiger partial charge in [-0.1, -0.05) is 26.3 Å². The van der Waals surface area contributed by atoms with Crippen molar-refractivity contribution in [3.63, 3.8) is 0 Å². The molecule has 0 radical (unpaired) electrons. The lowest BCUT2D eigenvalue weighted by Gasteiger charge is -2.22. The minimum atomic E-state index is -0.339. The molecule has 0 fully saturated rings. The van der Waals surface area contributed by atoms with Crippen molar-refractivity contribution in [1.29, 1.82) is 0 Å². The first-order valence-electron chi connectivity index (χ1n) is 5.97. The quantitative estimate of drug-likeness (QED) is 0.625. The summed E-state index contributed by atoms with van der Waals surface area (Å²) in [5, 5.41) is 14.2. The van der Waals surface area contributed by atoms with E-state index in [1.807, 2.05) is 6.07 Å². The first-order chi connectivity index (χ1) is 7.97. The summed E-state index contributed by atoms with van der Waals surface area (Å²) in [5.41, 5.74) is 1.73. The molecular weight excluding hydrogens is 216 g/mol. The number of hydrogen-bond donors (Lipinski definition) is 1. The predicted octanol–water partition coefficient (Wildman–Crippen LogP) is 3.75. The third-order valence-corrected chi connectivity index (χ3v) is 3.38. The molecule has 2 atom stereocenters. The molecule has 1 rings (SSSR count). The van der Waals surface area contributed by atoms with Crippen molar-refractivity contribution in [2.75, 3.05) is 5.32 Å². The predicted molar refractivity (Wildman–Crippen MR) is 70.4 cm³/mol. The number of nitrogens with zero attached hydrogens (tertiary/aromatic N) is 1. The maximum atomic E-state index is 10.8. The molecule has 1 N–H and O–H groups in total. The highest BCUT2D eigenvalue weighted by atomic mass is 16.6. The van der Waals surface area contributed by atoms with Crippen molar-refractivity contribution in [2.45, 2.75) is 40.2 Å². The first-order valence-corrected chi connectivity index (χ1v) is 5.97. The van der Waals surface area contributed by atoms with Crippen LogP contribution in [0.5, 0.6) is 0 Å². The molecule has 0 bridgehead atoms. The van der Waals surface area contributed by atoms with Crippen LogP contribution in [0, 0.1) is 23.0 Å². The Balaban J connectivity index is 2.92. The van der Waals surface area contributed by atoms with Gasteiger partial charge in [0.2, 0.25) is 0 Å². The summed E-state index contributed by atoms with van der Waals surface area (Å²) in [5.74, 6) is 0.536. The van der Waals surface area contributed by atoms with E-state index in [-0.39, 0.29) is 10.6 Å². The van der Waals surface area contributed by atoms with Crippen molar-refractivity contribution < 1.29 is 4.92 Å². The summed E-state index contributed by atoms with van der Waals surface area (Å²) in [6.45, 7) is 8.20. The van der Waals surface area contributed by atoms with E-state index in [1.54, 1.807) is 13.0 Å². The SMILES string of the molecule is CCC(C)C(C)Nc1cccc([N+](=O)[O-])c1C. The third-order valence-electron chi connectivity index (χ3n) is 3.38. The van der Waals surface area contributed by atoms with Crippen molar-refractivity contribution in [2.24, 2.45) is 5.92 Å². The van der Waals surface area contributed by atoms with E-state index in [1.165, 1.54) is 6.07 Å². The molecule has 0 aliphatic heterocycles. The average Bonchev–Trinajstić information content (AvgIpc) is 2.30. The third kappa shape index (κ3) is 3.19. The van der Waals surface area contributed by atoms with Crippen LogP contribution in [0.2, 0.25) is 0 Å². The Morgan fingerprint density at radius 3 is 2.59 bits per heavy atom. The maximum absolute atomic E-state index is 10.8. The number of nitrogens with one attached hydrogen (secondary N) is 1. The van der Waals surface area contributed by atoms with Crippen LogP contribution in [0.25, 0.3) is 0 Å². The Labute approximate surface area is 102 Å². The molecule has 94 valence electrons. The average molecular weight is 236 g/mol. The van der Waals surface area contributed by atoms with E-state index in [2.05, 4.69) is 26.1 Å². The van der Waals surface area contributed by atoms with Crippen molar-refractivity contribution >= 4 is 11.4 Å². The summed E-state index contributed by atoms with van der Waals surface area (Å²) < 4.78 is 0. The lowest BCUT2D eigenvalue weighted by atomic mass is 10.00. The Bertz CT molecular complexity index is 404. The van der Waals surface area contributed by atoms with E-state index in [9.17, 15) is 10.1 Å². The van der Waals surface area contributed by atoms with E-state index in [0.29, 0.717) is 17.5 Å². The maximum Gasteiger partial charge on any atom is 0.274 e. The van der Waals surface area contributed by atoms with Gasteiger partial charge in [0.25, 0.3) is 5.69 Å². The van der Waals surface area contributed by atoms with Crippen LogP contribution < -0.4 is 5.32 Å². The Kier molecular flexibility index (Phi) is 4.49. The van der Waals surface area contributed by atoms with Crippen LogP contribution in [-0.4, -0.2) is 11.0 Å². The highest BCUT2D eigenvalue weighted by molar-refractivity contribution is 5.60. The molecule has 0 saturated carbocycles. The molecule has 17 heavy (non-hydrogen) atoms. The lowest BCUT2D eigenvalue weighted by Crippen LogP contribution is -2.23. The van der Waals surface area contributed by atoms with Gasteiger partial charge in [0.05, 0.1) is 4.92 Å². The van der Waals surface area contributed by atoms with Gasteiger partial charge in [-0.3, -0.25) is 10.1 Å². The van der Waals surface area contributed by atoms with Gasteiger partial charge in [-0.15, -0.1) is 0 Å². The summed E-state index contributed by atoms with van der Waals surface area (Å²) >= 11 is 0. The second-order valence-corrected chi connectivity index (χ2v) is 4.53. The molecule has 0 aliphatic rings. The van der Waals surface area contributed by atoms with Gasteiger partial charge in [0.15, 0.2) is 0 Å². The summed E-state index contributed by atoms with van der Waals surface area (Å²) in [4.78, 5) is 10.5. The van der Waals surface area contributed by atoms with Crippen molar-refractivity contribution in [1.82, 2.24) is 0 Å². The van der Waals surface area contributed by atoms with Gasteiger partial charge in [-0.05, 0) is 25.8 Å². The van der Waals surface area contributed by atoms with Crippen LogP contribution in [0.1, 0.15) is 32.8 Å². The van der Waals surface area contributed by atoms with Crippen LogP contribution in [-0.2, 0) is 0 Å². The molecule has 0 spiro atoms. The fraction of sp³-hybridized carbons (Fsp3) is 0.538. The molecule has 0 saturated heterocycles. The monoisotopic (exact) mass is 236 g/mol. The smallest absolute Gasteiger partial charge is 0.274 e. The second kappa shape index (κ2) is 5.66. The van der Waals surface area contributed by atoms with E-state index < -0.39 is 0 Å². The number of hydrogen-bond acceptors (Lipinski definition) is 3. The zero-order valence-electron chi connectivity index (χ0n) is 10.9. The highest BCUT2D eigenvalue weighted by Gasteiger charge is 2.16. The Morgan fingerprint density at radius 2 is 2.06 bits per heavy atom. The van der Waals surface area contributed by atoms with E-state index >= 15 is 0 Å². The van der Waals surface area contributed by atoms with Crippen LogP contribution >= 0.6 is 0 Å². The Hall–Kier alpha value is -1.58. The molecular formula is C13H20N2O2. The molecule has 1 aromatic rings. The molecule has 0 heterocycles. The van der Waals surface area contributed by atoms with Crippen molar-refractivity contribution in [3.8, 4) is 0 Å². The van der Waals surface area contributed by atoms with E-state index in [4.69, 9.17) is 0 Å². The van der Waals surface area contributed by atoms with Gasteiger partial charge < -0.3 is 5.32 Å². The van der Waals surface area contributed by atoms with Crippen molar-refractivity contribution in [3.05, 3.63) is 33.9 Å². The van der Waals surface area contributed by atoms with Gasteiger partial charge in [-0.2, -0.15) is 0 Å². The Morgan fingerprint density at radius 1 is 1.41 bits per heavy atom. The summed E-state index contributed by atoms with van der Waals surface area (Å²) in [6.07, 6.45) is 1.09. The largest absolute Gasteiger partial charge is 0.382 e. The molecule has 1 aromatic carbocycles. The zero-order chi connectivity index (χ0) is 13.0. The number of anilines is 1. The van der Waals surface area contributed by atoms with Gasteiger partial charge >= 0.3 is 0 Å². The number of rotatable bonds is 5. The lowest BCUT2D eigenvalue weighted by molar-refractivity contribution is -0.385. The van der Waals surface area contributed by atoms with Crippen LogP contribution in [0.15, 0.2) is 18.2 Å². The second-order valence-electron chi connectivity index (χ2n) is 4.53. The number of nitro benzene ring substituents is 1. The number of nitro groups is 1. The van der Waals surface area contributed by atoms with E-state index in [0.717, 1.165) is 12.1 Å². The van der Waals surface area contributed by atoms with Crippen LogP contribution in [0.3, 0.4) is 0 Å². The fourth-order valence-corrected chi connectivity index (χ4v) is 1.72. The standard InChI is InChI=1S/C13H20N2O2/c1-5-9(2)11(4)14-12-7-6-8-13(10(12)3)15(16)17/h6-9,11,14H,5H2,1-4H3.